The molecule has 2 fully saturated rings. The molecule has 33 heavy (non-hydrogen) atoms. The summed E-state index contributed by atoms with van der Waals surface area (Å²) in [6.07, 6.45) is 3.69. The number of rotatable bonds is 6. The van der Waals surface area contributed by atoms with Gasteiger partial charge in [0.05, 0.1) is 32.0 Å². The number of carbonyl (C=O) groups is 2. The first kappa shape index (κ1) is 21.8. The van der Waals surface area contributed by atoms with Gasteiger partial charge in [0.25, 0.3) is 5.91 Å². The van der Waals surface area contributed by atoms with Crippen molar-refractivity contribution in [3.63, 3.8) is 0 Å². The molecule has 2 N–H and O–H groups in total. The highest BCUT2D eigenvalue weighted by atomic mass is 16.5. The average molecular weight is 454 g/mol. The van der Waals surface area contributed by atoms with Crippen molar-refractivity contribution in [3.05, 3.63) is 35.0 Å². The Bertz CT molecular complexity index is 1070. The first-order valence-electron chi connectivity index (χ1n) is 11.7. The summed E-state index contributed by atoms with van der Waals surface area (Å²) in [7, 11) is 3.09. The number of nitrogens with zero attached hydrogens (tertiary/aromatic N) is 3. The number of nitrogens with one attached hydrogen (secondary N) is 2. The summed E-state index contributed by atoms with van der Waals surface area (Å²) < 4.78 is 10.6. The standard InChI is InChI=1S/C24H31N5O4/c1-4-28-11-7-15(8-12-28)23(31)29-14-17-20(24(29)9-10-24)26-27-21(17)25-22(30)16-5-6-18(32-2)19(13-16)33-3/h5-6,13,15H,4,7-12,14H2,1-3H3,(H2,25,26,27,30). The lowest BCUT2D eigenvalue weighted by molar-refractivity contribution is -0.140. The highest BCUT2D eigenvalue weighted by molar-refractivity contribution is 6.04. The zero-order chi connectivity index (χ0) is 23.2. The van der Waals surface area contributed by atoms with Crippen molar-refractivity contribution in [1.82, 2.24) is 20.0 Å². The highest BCUT2D eigenvalue weighted by Crippen LogP contribution is 2.57. The molecule has 0 atom stereocenters. The molecule has 0 unspecified atom stereocenters. The molecule has 1 aromatic heterocycles. The van der Waals surface area contributed by atoms with Gasteiger partial charge in [-0.15, -0.1) is 0 Å². The van der Waals surface area contributed by atoms with Gasteiger partial charge in [0.2, 0.25) is 5.91 Å². The lowest BCUT2D eigenvalue weighted by Crippen LogP contribution is -2.44. The van der Waals surface area contributed by atoms with Gasteiger partial charge in [0.15, 0.2) is 17.3 Å². The van der Waals surface area contributed by atoms with Gasteiger partial charge in [0.1, 0.15) is 0 Å². The maximum Gasteiger partial charge on any atom is 0.257 e. The zero-order valence-corrected chi connectivity index (χ0v) is 19.4. The van der Waals surface area contributed by atoms with Crippen LogP contribution in [0.2, 0.25) is 0 Å². The molecular formula is C24H31N5O4. The number of amides is 2. The molecule has 9 nitrogen and oxygen atoms in total. The highest BCUT2D eigenvalue weighted by Gasteiger charge is 2.59. The largest absolute Gasteiger partial charge is 0.493 e. The molecule has 2 amide bonds. The van der Waals surface area contributed by atoms with Crippen LogP contribution in [0.25, 0.3) is 0 Å². The Morgan fingerprint density at radius 2 is 1.91 bits per heavy atom. The Morgan fingerprint density at radius 1 is 1.18 bits per heavy atom. The van der Waals surface area contributed by atoms with Crippen LogP contribution < -0.4 is 14.8 Å². The lowest BCUT2D eigenvalue weighted by atomic mass is 9.94. The van der Waals surface area contributed by atoms with Gasteiger partial charge in [0, 0.05) is 17.0 Å². The van der Waals surface area contributed by atoms with Crippen LogP contribution in [0.15, 0.2) is 18.2 Å². The molecule has 3 aliphatic rings. The van der Waals surface area contributed by atoms with Crippen LogP contribution in [-0.2, 0) is 16.9 Å². The van der Waals surface area contributed by atoms with Crippen molar-refractivity contribution >= 4 is 17.6 Å². The Kier molecular flexibility index (Phi) is 5.52. The smallest absolute Gasteiger partial charge is 0.257 e. The molecule has 2 aromatic rings. The number of hydrogen-bond donors (Lipinski definition) is 2. The quantitative estimate of drug-likeness (QED) is 0.698. The minimum atomic E-state index is -0.285. The predicted molar refractivity (Wildman–Crippen MR) is 122 cm³/mol. The number of ether oxygens (including phenoxy) is 2. The van der Waals surface area contributed by atoms with E-state index in [9.17, 15) is 9.59 Å². The molecule has 1 aromatic carbocycles. The third-order valence-electron chi connectivity index (χ3n) is 7.42. The zero-order valence-electron chi connectivity index (χ0n) is 19.4. The fourth-order valence-corrected chi connectivity index (χ4v) is 5.25. The SMILES string of the molecule is CCN1CCC(C(=O)N2Cc3c(NC(=O)c4ccc(OC)c(OC)c4)n[nH]c3C23CC3)CC1. The molecular weight excluding hydrogens is 422 g/mol. The summed E-state index contributed by atoms with van der Waals surface area (Å²) in [4.78, 5) is 30.8. The summed E-state index contributed by atoms with van der Waals surface area (Å²) in [5, 5.41) is 10.4. The van der Waals surface area contributed by atoms with E-state index in [1.165, 1.54) is 7.11 Å². The second-order valence-electron chi connectivity index (χ2n) is 9.11. The lowest BCUT2D eigenvalue weighted by Gasteiger charge is -2.34. The maximum atomic E-state index is 13.5. The van der Waals surface area contributed by atoms with Gasteiger partial charge < -0.3 is 24.6 Å². The fourth-order valence-electron chi connectivity index (χ4n) is 5.25. The summed E-state index contributed by atoms with van der Waals surface area (Å²) in [6.45, 7) is 5.65. The summed E-state index contributed by atoms with van der Waals surface area (Å²) >= 11 is 0. The number of piperidine rings is 1. The van der Waals surface area contributed by atoms with E-state index in [4.69, 9.17) is 9.47 Å². The van der Waals surface area contributed by atoms with E-state index in [2.05, 4.69) is 27.3 Å². The molecule has 1 saturated heterocycles. The third-order valence-corrected chi connectivity index (χ3v) is 7.42. The Hall–Kier alpha value is -3.07. The monoisotopic (exact) mass is 453 g/mol. The summed E-state index contributed by atoms with van der Waals surface area (Å²) in [5.74, 6) is 1.57. The van der Waals surface area contributed by atoms with Crippen LogP contribution in [0.3, 0.4) is 0 Å². The average Bonchev–Trinajstić information content (AvgIpc) is 3.46. The Balaban J connectivity index is 1.32. The van der Waals surface area contributed by atoms with Crippen LogP contribution in [0.5, 0.6) is 11.5 Å². The van der Waals surface area contributed by atoms with E-state index >= 15 is 0 Å². The van der Waals surface area contributed by atoms with Crippen molar-refractivity contribution in [2.45, 2.75) is 44.7 Å². The van der Waals surface area contributed by atoms with Crippen LogP contribution in [0.1, 0.15) is 54.2 Å². The summed E-state index contributed by atoms with van der Waals surface area (Å²) in [6, 6.07) is 5.03. The minimum Gasteiger partial charge on any atom is -0.493 e. The second kappa shape index (κ2) is 8.37. The number of fused-ring (bicyclic) bond motifs is 2. The second-order valence-corrected chi connectivity index (χ2v) is 9.11. The van der Waals surface area contributed by atoms with E-state index in [1.54, 1.807) is 25.3 Å². The molecule has 1 saturated carbocycles. The number of benzene rings is 1. The first-order valence-corrected chi connectivity index (χ1v) is 11.7. The van der Waals surface area contributed by atoms with Gasteiger partial charge in [-0.2, -0.15) is 5.10 Å². The Labute approximate surface area is 193 Å². The number of anilines is 1. The molecule has 2 aliphatic heterocycles. The molecule has 1 aliphatic carbocycles. The summed E-state index contributed by atoms with van der Waals surface area (Å²) in [5.41, 5.74) is 2.07. The van der Waals surface area contributed by atoms with Crippen molar-refractivity contribution in [2.75, 3.05) is 39.2 Å². The first-order chi connectivity index (χ1) is 16.0. The number of aromatic nitrogens is 2. The Morgan fingerprint density at radius 3 is 2.55 bits per heavy atom. The van der Waals surface area contributed by atoms with Crippen LogP contribution in [-0.4, -0.2) is 65.7 Å². The van der Waals surface area contributed by atoms with Crippen LogP contribution >= 0.6 is 0 Å². The van der Waals surface area contributed by atoms with Gasteiger partial charge in [-0.25, -0.2) is 0 Å². The fraction of sp³-hybridized carbons (Fsp3) is 0.542. The number of aromatic amines is 1. The number of likely N-dealkylation sites (tertiary alicyclic amines) is 1. The molecule has 0 bridgehead atoms. The maximum absolute atomic E-state index is 13.5. The van der Waals surface area contributed by atoms with Gasteiger partial charge in [-0.1, -0.05) is 6.92 Å². The molecule has 9 heteroatoms. The molecule has 176 valence electrons. The van der Waals surface area contributed by atoms with Crippen molar-refractivity contribution in [2.24, 2.45) is 5.92 Å². The number of H-pyrrole nitrogens is 1. The van der Waals surface area contributed by atoms with Crippen molar-refractivity contribution in [3.8, 4) is 11.5 Å². The molecule has 5 rings (SSSR count). The number of hydrogen-bond acceptors (Lipinski definition) is 6. The van der Waals surface area contributed by atoms with E-state index < -0.39 is 0 Å². The van der Waals surface area contributed by atoms with Crippen molar-refractivity contribution in [1.29, 1.82) is 0 Å². The normalized spacial score (nSPS) is 19.4. The minimum absolute atomic E-state index is 0.0760. The van der Waals surface area contributed by atoms with E-state index in [1.807, 2.05) is 4.90 Å². The third kappa shape index (κ3) is 3.64. The molecule has 1 spiro atoms. The van der Waals surface area contributed by atoms with Crippen LogP contribution in [0, 0.1) is 5.92 Å². The van der Waals surface area contributed by atoms with Gasteiger partial charge >= 0.3 is 0 Å². The van der Waals surface area contributed by atoms with E-state index in [-0.39, 0.29) is 23.3 Å². The van der Waals surface area contributed by atoms with Crippen LogP contribution in [0.4, 0.5) is 5.82 Å². The van der Waals surface area contributed by atoms with Crippen molar-refractivity contribution < 1.29 is 19.1 Å². The predicted octanol–water partition coefficient (Wildman–Crippen LogP) is 2.74. The molecule has 0 radical (unpaired) electrons. The van der Waals surface area contributed by atoms with E-state index in [0.717, 1.165) is 56.6 Å². The number of carbonyl (C=O) groups excluding carboxylic acids is 2. The van der Waals surface area contributed by atoms with Gasteiger partial charge in [-0.05, 0) is 63.5 Å². The van der Waals surface area contributed by atoms with E-state index in [0.29, 0.717) is 29.4 Å². The number of methoxy groups -OCH3 is 2. The molecule has 3 heterocycles. The van der Waals surface area contributed by atoms with Gasteiger partial charge in [-0.3, -0.25) is 14.7 Å². The topological polar surface area (TPSA) is 99.8 Å².